The first-order valence-corrected chi connectivity index (χ1v) is 10.5. The molecule has 0 bridgehead atoms. The number of pyridine rings is 1. The van der Waals surface area contributed by atoms with Crippen LogP contribution in [-0.4, -0.2) is 33.1 Å². The van der Waals surface area contributed by atoms with Gasteiger partial charge in [-0.15, -0.1) is 23.1 Å². The van der Waals surface area contributed by atoms with E-state index in [4.69, 9.17) is 0 Å². The van der Waals surface area contributed by atoms with Gasteiger partial charge >= 0.3 is 6.18 Å². The molecule has 0 unspecified atom stereocenters. The van der Waals surface area contributed by atoms with Gasteiger partial charge in [-0.25, -0.2) is 4.98 Å². The van der Waals surface area contributed by atoms with Crippen molar-refractivity contribution in [1.82, 2.24) is 14.9 Å². The van der Waals surface area contributed by atoms with Crippen LogP contribution in [0.5, 0.6) is 0 Å². The van der Waals surface area contributed by atoms with Gasteiger partial charge in [-0.3, -0.25) is 9.78 Å². The SMILES string of the molecule is O=C(c1cccc(C(F)(F)F)c1)N1CCS/C1=C/c1csc(-c2cccnc2)n1. The zero-order valence-electron chi connectivity index (χ0n) is 14.9. The van der Waals surface area contributed by atoms with Crippen LogP contribution in [0.1, 0.15) is 21.6 Å². The van der Waals surface area contributed by atoms with Crippen molar-refractivity contribution in [3.63, 3.8) is 0 Å². The molecule has 0 N–H and O–H groups in total. The fourth-order valence-corrected chi connectivity index (χ4v) is 4.62. The predicted octanol–water partition coefficient (Wildman–Crippen LogP) is 5.41. The Balaban J connectivity index is 1.58. The van der Waals surface area contributed by atoms with Crippen LogP contribution >= 0.6 is 23.1 Å². The fraction of sp³-hybridized carbons (Fsp3) is 0.150. The van der Waals surface area contributed by atoms with E-state index in [1.807, 2.05) is 17.5 Å². The van der Waals surface area contributed by atoms with Crippen LogP contribution in [0.25, 0.3) is 16.6 Å². The third-order valence-electron chi connectivity index (χ3n) is 4.21. The van der Waals surface area contributed by atoms with E-state index in [1.54, 1.807) is 18.5 Å². The number of rotatable bonds is 3. The number of aromatic nitrogens is 2. The molecular formula is C20H14F3N3OS2. The first kappa shape index (κ1) is 19.7. The first-order valence-electron chi connectivity index (χ1n) is 8.61. The third-order valence-corrected chi connectivity index (χ3v) is 6.14. The van der Waals surface area contributed by atoms with Crippen molar-refractivity contribution in [3.05, 3.63) is 76.0 Å². The number of thioether (sulfide) groups is 1. The number of halogens is 3. The molecule has 3 aromatic rings. The molecule has 2 aromatic heterocycles. The largest absolute Gasteiger partial charge is 0.416 e. The highest BCUT2D eigenvalue weighted by atomic mass is 32.2. The maximum Gasteiger partial charge on any atom is 0.416 e. The van der Waals surface area contributed by atoms with Crippen molar-refractivity contribution >= 4 is 35.1 Å². The molecule has 1 saturated heterocycles. The zero-order chi connectivity index (χ0) is 20.4. The minimum absolute atomic E-state index is 0.0163. The first-order chi connectivity index (χ1) is 13.9. The molecule has 29 heavy (non-hydrogen) atoms. The highest BCUT2D eigenvalue weighted by molar-refractivity contribution is 8.03. The van der Waals surface area contributed by atoms with E-state index < -0.39 is 17.6 Å². The topological polar surface area (TPSA) is 46.1 Å². The molecule has 1 aliphatic heterocycles. The van der Waals surface area contributed by atoms with Crippen LogP contribution in [-0.2, 0) is 6.18 Å². The molecule has 1 fully saturated rings. The van der Waals surface area contributed by atoms with Crippen LogP contribution in [0.15, 0.2) is 59.2 Å². The average molecular weight is 433 g/mol. The lowest BCUT2D eigenvalue weighted by atomic mass is 10.1. The lowest BCUT2D eigenvalue weighted by Crippen LogP contribution is -2.27. The Labute approximate surface area is 173 Å². The second-order valence-corrected chi connectivity index (χ2v) is 8.16. The number of alkyl halides is 3. The predicted molar refractivity (Wildman–Crippen MR) is 108 cm³/mol. The van der Waals surface area contributed by atoms with E-state index in [2.05, 4.69) is 9.97 Å². The summed E-state index contributed by atoms with van der Waals surface area (Å²) in [4.78, 5) is 23.0. The van der Waals surface area contributed by atoms with Gasteiger partial charge < -0.3 is 4.90 Å². The average Bonchev–Trinajstić information content (AvgIpc) is 3.38. The summed E-state index contributed by atoms with van der Waals surface area (Å²) in [6.07, 6.45) is 0.716. The van der Waals surface area contributed by atoms with Gasteiger partial charge in [-0.05, 0) is 36.4 Å². The van der Waals surface area contributed by atoms with Crippen LogP contribution in [0.4, 0.5) is 13.2 Å². The van der Waals surface area contributed by atoms with Crippen LogP contribution < -0.4 is 0 Å². The Hall–Kier alpha value is -2.65. The Morgan fingerprint density at radius 3 is 2.83 bits per heavy atom. The Kier molecular flexibility index (Phi) is 5.42. The third kappa shape index (κ3) is 4.35. The van der Waals surface area contributed by atoms with Crippen molar-refractivity contribution in [3.8, 4) is 10.6 Å². The van der Waals surface area contributed by atoms with Gasteiger partial charge in [0, 0.05) is 41.2 Å². The highest BCUT2D eigenvalue weighted by Gasteiger charge is 2.32. The van der Waals surface area contributed by atoms with E-state index in [0.717, 1.165) is 22.7 Å². The standard InChI is InChI=1S/C20H14F3N3OS2/c21-20(22,23)15-5-1-3-13(9-15)19(27)26-7-8-28-17(26)10-16-12-29-18(25-16)14-4-2-6-24-11-14/h1-6,9-12H,7-8H2/b17-10+. The number of carbonyl (C=O) groups is 1. The molecule has 3 heterocycles. The minimum Gasteiger partial charge on any atom is -0.302 e. The number of thiazole rings is 1. The number of hydrogen-bond donors (Lipinski definition) is 0. The van der Waals surface area contributed by atoms with Crippen molar-refractivity contribution in [2.75, 3.05) is 12.3 Å². The van der Waals surface area contributed by atoms with Gasteiger partial charge in [0.1, 0.15) is 5.01 Å². The molecule has 0 saturated carbocycles. The number of carbonyl (C=O) groups excluding carboxylic acids is 1. The van der Waals surface area contributed by atoms with Crippen LogP contribution in [0, 0.1) is 0 Å². The summed E-state index contributed by atoms with van der Waals surface area (Å²) in [5, 5.41) is 3.36. The normalized spacial score (nSPS) is 15.8. The maximum atomic E-state index is 13.0. The lowest BCUT2D eigenvalue weighted by molar-refractivity contribution is -0.137. The molecule has 148 valence electrons. The second kappa shape index (κ2) is 8.00. The van der Waals surface area contributed by atoms with Gasteiger partial charge in [-0.1, -0.05) is 6.07 Å². The molecular weight excluding hydrogens is 419 g/mol. The molecule has 0 aliphatic carbocycles. The Morgan fingerprint density at radius 1 is 1.21 bits per heavy atom. The summed E-state index contributed by atoms with van der Waals surface area (Å²) in [6, 6.07) is 8.26. The number of hydrogen-bond acceptors (Lipinski definition) is 5. The number of nitrogens with zero attached hydrogens (tertiary/aromatic N) is 3. The van der Waals surface area contributed by atoms with Gasteiger partial charge in [0.2, 0.25) is 0 Å². The smallest absolute Gasteiger partial charge is 0.302 e. The molecule has 4 nitrogen and oxygen atoms in total. The van der Waals surface area contributed by atoms with E-state index in [1.165, 1.54) is 40.1 Å². The maximum absolute atomic E-state index is 13.0. The van der Waals surface area contributed by atoms with Crippen molar-refractivity contribution in [2.45, 2.75) is 6.18 Å². The molecule has 0 radical (unpaired) electrons. The monoisotopic (exact) mass is 433 g/mol. The van der Waals surface area contributed by atoms with E-state index >= 15 is 0 Å². The summed E-state index contributed by atoms with van der Waals surface area (Å²) in [5.41, 5.74) is 0.780. The summed E-state index contributed by atoms with van der Waals surface area (Å²) < 4.78 is 38.9. The van der Waals surface area contributed by atoms with Crippen molar-refractivity contribution < 1.29 is 18.0 Å². The number of benzene rings is 1. The second-order valence-electron chi connectivity index (χ2n) is 6.19. The van der Waals surface area contributed by atoms with Gasteiger partial charge in [0.05, 0.1) is 16.3 Å². The Morgan fingerprint density at radius 2 is 2.07 bits per heavy atom. The zero-order valence-corrected chi connectivity index (χ0v) is 16.5. The summed E-state index contributed by atoms with van der Waals surface area (Å²) in [6.45, 7) is 0.436. The fourth-order valence-electron chi connectivity index (χ4n) is 2.84. The van der Waals surface area contributed by atoms with Crippen LogP contribution in [0.3, 0.4) is 0 Å². The van der Waals surface area contributed by atoms with E-state index in [-0.39, 0.29) is 5.56 Å². The molecule has 0 spiro atoms. The van der Waals surface area contributed by atoms with E-state index in [9.17, 15) is 18.0 Å². The molecule has 1 amide bonds. The number of amides is 1. The highest BCUT2D eigenvalue weighted by Crippen LogP contribution is 2.34. The van der Waals surface area contributed by atoms with Gasteiger partial charge in [0.25, 0.3) is 5.91 Å². The molecule has 4 rings (SSSR count). The Bertz CT molecular complexity index is 1060. The molecule has 0 atom stereocenters. The van der Waals surface area contributed by atoms with Gasteiger partial charge in [-0.2, -0.15) is 13.2 Å². The lowest BCUT2D eigenvalue weighted by Gasteiger charge is -2.17. The molecule has 1 aromatic carbocycles. The quantitative estimate of drug-likeness (QED) is 0.554. The summed E-state index contributed by atoms with van der Waals surface area (Å²) in [5.74, 6) is 0.228. The van der Waals surface area contributed by atoms with Crippen molar-refractivity contribution in [2.24, 2.45) is 0 Å². The molecule has 1 aliphatic rings. The van der Waals surface area contributed by atoms with Crippen molar-refractivity contribution in [1.29, 1.82) is 0 Å². The van der Waals surface area contributed by atoms with Crippen LogP contribution in [0.2, 0.25) is 0 Å². The van der Waals surface area contributed by atoms with Gasteiger partial charge in [0.15, 0.2) is 0 Å². The molecule has 9 heteroatoms. The van der Waals surface area contributed by atoms with E-state index in [0.29, 0.717) is 23.0 Å². The summed E-state index contributed by atoms with van der Waals surface area (Å²) >= 11 is 2.94. The summed E-state index contributed by atoms with van der Waals surface area (Å²) in [7, 11) is 0. The minimum atomic E-state index is -4.49.